The van der Waals surface area contributed by atoms with Crippen molar-refractivity contribution in [3.8, 4) is 0 Å². The molecule has 2 aromatic heterocycles. The maximum absolute atomic E-state index is 4.61. The van der Waals surface area contributed by atoms with Crippen LogP contribution < -0.4 is 0 Å². The van der Waals surface area contributed by atoms with E-state index in [2.05, 4.69) is 43.4 Å². The van der Waals surface area contributed by atoms with Gasteiger partial charge in [0.15, 0.2) is 0 Å². The zero-order valence-corrected chi connectivity index (χ0v) is 10.2. The Morgan fingerprint density at radius 3 is 3.27 bits per heavy atom. The average Bonchev–Trinajstić information content (AvgIpc) is 2.58. The summed E-state index contributed by atoms with van der Waals surface area (Å²) in [5.41, 5.74) is 2.59. The lowest BCUT2D eigenvalue weighted by atomic mass is 9.91. The molecule has 2 heterocycles. The van der Waals surface area contributed by atoms with Crippen LogP contribution in [0.2, 0.25) is 0 Å². The van der Waals surface area contributed by atoms with Gasteiger partial charge in [0, 0.05) is 24.0 Å². The highest BCUT2D eigenvalue weighted by Crippen LogP contribution is 2.31. The molecular formula is C11H12BrN3. The van der Waals surface area contributed by atoms with Crippen molar-refractivity contribution in [2.45, 2.75) is 32.1 Å². The van der Waals surface area contributed by atoms with E-state index in [1.165, 1.54) is 24.2 Å². The highest BCUT2D eigenvalue weighted by Gasteiger charge is 2.22. The van der Waals surface area contributed by atoms with Gasteiger partial charge < -0.3 is 0 Å². The normalized spacial score (nSPS) is 20.5. The molecule has 0 aromatic carbocycles. The summed E-state index contributed by atoms with van der Waals surface area (Å²) in [7, 11) is 0. The number of nitrogens with zero attached hydrogens (tertiary/aromatic N) is 3. The van der Waals surface area contributed by atoms with Crippen molar-refractivity contribution in [3.63, 3.8) is 0 Å². The number of aryl methyl sites for hydroxylation is 1. The van der Waals surface area contributed by atoms with Crippen LogP contribution in [0.1, 0.15) is 37.1 Å². The van der Waals surface area contributed by atoms with E-state index in [9.17, 15) is 0 Å². The van der Waals surface area contributed by atoms with Gasteiger partial charge in [0.2, 0.25) is 5.78 Å². The summed E-state index contributed by atoms with van der Waals surface area (Å²) in [5, 5.41) is 0. The third-order valence-corrected chi connectivity index (χ3v) is 3.51. The van der Waals surface area contributed by atoms with E-state index in [-0.39, 0.29) is 0 Å². The lowest BCUT2D eigenvalue weighted by Crippen LogP contribution is -2.07. The second-order valence-electron chi connectivity index (χ2n) is 4.18. The Hall–Kier alpha value is -0.900. The molecule has 0 N–H and O–H groups in total. The summed E-state index contributed by atoms with van der Waals surface area (Å²) in [5.74, 6) is 1.41. The summed E-state index contributed by atoms with van der Waals surface area (Å²) in [6.45, 7) is 2.25. The molecule has 0 saturated carbocycles. The SMILES string of the molecule is CC1CCCc2c1nc1ncc(Br)cn21. The third-order valence-electron chi connectivity index (χ3n) is 3.10. The van der Waals surface area contributed by atoms with Crippen molar-refractivity contribution in [2.24, 2.45) is 0 Å². The molecule has 0 spiro atoms. The van der Waals surface area contributed by atoms with Crippen LogP contribution in [0, 0.1) is 0 Å². The number of imidazole rings is 1. The molecular weight excluding hydrogens is 254 g/mol. The molecule has 0 fully saturated rings. The van der Waals surface area contributed by atoms with Gasteiger partial charge >= 0.3 is 0 Å². The highest BCUT2D eigenvalue weighted by molar-refractivity contribution is 9.10. The number of rotatable bonds is 0. The summed E-state index contributed by atoms with van der Waals surface area (Å²) in [4.78, 5) is 8.93. The van der Waals surface area contributed by atoms with Gasteiger partial charge in [-0.2, -0.15) is 0 Å². The fourth-order valence-corrected chi connectivity index (χ4v) is 2.64. The van der Waals surface area contributed by atoms with E-state index >= 15 is 0 Å². The molecule has 0 aliphatic heterocycles. The van der Waals surface area contributed by atoms with Crippen molar-refractivity contribution in [1.29, 1.82) is 0 Å². The molecule has 0 saturated heterocycles. The third kappa shape index (κ3) is 1.39. The fraction of sp³-hybridized carbons (Fsp3) is 0.455. The molecule has 1 atom stereocenters. The van der Waals surface area contributed by atoms with Crippen LogP contribution in [0.25, 0.3) is 5.78 Å². The number of hydrogen-bond donors (Lipinski definition) is 0. The van der Waals surface area contributed by atoms with Gasteiger partial charge in [-0.25, -0.2) is 9.97 Å². The van der Waals surface area contributed by atoms with E-state index in [1.54, 1.807) is 6.20 Å². The Morgan fingerprint density at radius 2 is 2.40 bits per heavy atom. The molecule has 1 unspecified atom stereocenters. The minimum Gasteiger partial charge on any atom is -0.287 e. The molecule has 0 amide bonds. The van der Waals surface area contributed by atoms with Crippen molar-refractivity contribution in [2.75, 3.05) is 0 Å². The first-order valence-electron chi connectivity index (χ1n) is 5.28. The van der Waals surface area contributed by atoms with Crippen molar-refractivity contribution in [1.82, 2.24) is 14.4 Å². The molecule has 3 nitrogen and oxygen atoms in total. The topological polar surface area (TPSA) is 30.2 Å². The Kier molecular flexibility index (Phi) is 2.06. The Labute approximate surface area is 96.7 Å². The van der Waals surface area contributed by atoms with Crippen LogP contribution >= 0.6 is 15.9 Å². The number of fused-ring (bicyclic) bond motifs is 3. The summed E-state index contributed by atoms with van der Waals surface area (Å²) in [6, 6.07) is 0. The Morgan fingerprint density at radius 1 is 1.53 bits per heavy atom. The Bertz CT molecular complexity index is 518. The van der Waals surface area contributed by atoms with Crippen molar-refractivity contribution < 1.29 is 0 Å². The van der Waals surface area contributed by atoms with Crippen LogP contribution in [-0.4, -0.2) is 14.4 Å². The predicted octanol–water partition coefficient (Wildman–Crippen LogP) is 2.93. The summed E-state index contributed by atoms with van der Waals surface area (Å²) < 4.78 is 3.13. The average molecular weight is 266 g/mol. The Balaban J connectivity index is 2.31. The lowest BCUT2D eigenvalue weighted by Gasteiger charge is -2.16. The molecule has 0 radical (unpaired) electrons. The minimum absolute atomic E-state index is 0.578. The van der Waals surface area contributed by atoms with Crippen molar-refractivity contribution >= 4 is 21.7 Å². The quantitative estimate of drug-likeness (QED) is 0.733. The van der Waals surface area contributed by atoms with E-state index < -0.39 is 0 Å². The summed E-state index contributed by atoms with van der Waals surface area (Å²) in [6.07, 6.45) is 7.50. The van der Waals surface area contributed by atoms with E-state index in [4.69, 9.17) is 0 Å². The van der Waals surface area contributed by atoms with Crippen LogP contribution in [-0.2, 0) is 6.42 Å². The van der Waals surface area contributed by atoms with Gasteiger partial charge in [-0.1, -0.05) is 6.92 Å². The first-order chi connectivity index (χ1) is 7.25. The maximum atomic E-state index is 4.61. The van der Waals surface area contributed by atoms with Crippen LogP contribution in [0.3, 0.4) is 0 Å². The second kappa shape index (κ2) is 3.30. The van der Waals surface area contributed by atoms with Gasteiger partial charge in [0.05, 0.1) is 10.2 Å². The smallest absolute Gasteiger partial charge is 0.234 e. The lowest BCUT2D eigenvalue weighted by molar-refractivity contribution is 0.570. The molecule has 4 heteroatoms. The second-order valence-corrected chi connectivity index (χ2v) is 5.09. The zero-order chi connectivity index (χ0) is 10.4. The highest BCUT2D eigenvalue weighted by atomic mass is 79.9. The standard InChI is InChI=1S/C11H12BrN3/c1-7-3-2-4-9-10(7)14-11-13-5-8(12)6-15(9)11/h5-7H,2-4H2,1H3. The number of aromatic nitrogens is 3. The first kappa shape index (κ1) is 9.33. The molecule has 15 heavy (non-hydrogen) atoms. The fourth-order valence-electron chi connectivity index (χ4n) is 2.33. The molecule has 2 aromatic rings. The zero-order valence-electron chi connectivity index (χ0n) is 8.57. The monoisotopic (exact) mass is 265 g/mol. The first-order valence-corrected chi connectivity index (χ1v) is 6.07. The van der Waals surface area contributed by atoms with Crippen LogP contribution in [0.5, 0.6) is 0 Å². The summed E-state index contributed by atoms with van der Waals surface area (Å²) >= 11 is 3.45. The van der Waals surface area contributed by atoms with E-state index in [0.29, 0.717) is 5.92 Å². The molecule has 0 bridgehead atoms. The maximum Gasteiger partial charge on any atom is 0.234 e. The number of hydrogen-bond acceptors (Lipinski definition) is 2. The van der Waals surface area contributed by atoms with Gasteiger partial charge in [0.25, 0.3) is 0 Å². The molecule has 3 rings (SSSR count). The van der Waals surface area contributed by atoms with Gasteiger partial charge in [-0.3, -0.25) is 4.40 Å². The minimum atomic E-state index is 0.578. The molecule has 1 aliphatic rings. The van der Waals surface area contributed by atoms with Gasteiger partial charge in [0.1, 0.15) is 0 Å². The predicted molar refractivity (Wildman–Crippen MR) is 62.0 cm³/mol. The number of halogens is 1. The van der Waals surface area contributed by atoms with Crippen LogP contribution in [0.4, 0.5) is 0 Å². The van der Waals surface area contributed by atoms with Crippen LogP contribution in [0.15, 0.2) is 16.9 Å². The van der Waals surface area contributed by atoms with Gasteiger partial charge in [-0.15, -0.1) is 0 Å². The van der Waals surface area contributed by atoms with Crippen molar-refractivity contribution in [3.05, 3.63) is 28.3 Å². The van der Waals surface area contributed by atoms with E-state index in [0.717, 1.165) is 16.7 Å². The molecule has 1 aliphatic carbocycles. The van der Waals surface area contributed by atoms with E-state index in [1.807, 2.05) is 0 Å². The molecule has 78 valence electrons. The largest absolute Gasteiger partial charge is 0.287 e. The van der Waals surface area contributed by atoms with Gasteiger partial charge in [-0.05, 0) is 35.2 Å².